The molecule has 0 aliphatic carbocycles. The van der Waals surface area contributed by atoms with Gasteiger partial charge in [-0.3, -0.25) is 0 Å². The van der Waals surface area contributed by atoms with E-state index in [9.17, 15) is 4.57 Å². The molecule has 7 heteroatoms. The Kier molecular flexibility index (Phi) is 31.7. The number of aliphatic hydroxyl groups excluding tert-OH is 1. The molecule has 0 amide bonds. The molecular weight excluding hydrogens is 417 g/mol. The van der Waals surface area contributed by atoms with Crippen molar-refractivity contribution >= 4 is 20.0 Å². The van der Waals surface area contributed by atoms with Crippen LogP contribution in [0.4, 0.5) is 0 Å². The average Bonchev–Trinajstić information content (AvgIpc) is 2.70. The second-order valence-corrected chi connectivity index (χ2v) is 10.1. The average molecular weight is 469 g/mol. The second kappa shape index (κ2) is 29.3. The van der Waals surface area contributed by atoms with E-state index in [4.69, 9.17) is 10.00 Å². The van der Waals surface area contributed by atoms with Gasteiger partial charge in [0.15, 0.2) is 0 Å². The van der Waals surface area contributed by atoms with Crippen LogP contribution in [0.5, 0.6) is 0 Å². The minimum Gasteiger partial charge on any atom is -0.395 e. The monoisotopic (exact) mass is 468 g/mol. The minimum absolute atomic E-state index is 0.257. The SMILES string of the molecule is CCCCCCCCCCCCCCCCSCCCO[P+](=O)O.CN(C)CCO. The topological polar surface area (TPSA) is 70.0 Å². The standard InChI is InChI=1S/C19H39O3PS.C4H11NO/c1-2-3-4-5-6-7-8-9-10-11-12-13-14-15-18-24-19-16-17-22-23(20)21;1-5(2)3-4-6/h2-19H2,1H3;6H,3-4H2,1-2H3/p+1. The number of unbranched alkanes of at least 4 members (excludes halogenated alkanes) is 13. The van der Waals surface area contributed by atoms with Gasteiger partial charge in [0.1, 0.15) is 6.61 Å². The van der Waals surface area contributed by atoms with Crippen molar-refractivity contribution in [2.75, 3.05) is 45.4 Å². The van der Waals surface area contributed by atoms with Gasteiger partial charge in [-0.05, 0) is 38.4 Å². The predicted octanol–water partition coefficient (Wildman–Crippen LogP) is 6.80. The first-order valence-electron chi connectivity index (χ1n) is 12.2. The van der Waals surface area contributed by atoms with E-state index in [1.54, 1.807) is 0 Å². The number of hydrogen-bond acceptors (Lipinski definition) is 5. The molecule has 0 aromatic rings. The van der Waals surface area contributed by atoms with Crippen LogP contribution in [0, 0.1) is 0 Å². The van der Waals surface area contributed by atoms with E-state index < -0.39 is 8.25 Å². The summed E-state index contributed by atoms with van der Waals surface area (Å²) in [5.41, 5.74) is 0. The summed E-state index contributed by atoms with van der Waals surface area (Å²) in [5, 5.41) is 8.20. The zero-order valence-corrected chi connectivity index (χ0v) is 21.9. The van der Waals surface area contributed by atoms with Crippen molar-refractivity contribution in [2.45, 2.75) is 103 Å². The maximum absolute atomic E-state index is 10.3. The quantitative estimate of drug-likeness (QED) is 0.134. The lowest BCUT2D eigenvalue weighted by molar-refractivity contribution is 0.243. The van der Waals surface area contributed by atoms with Gasteiger partial charge in [-0.2, -0.15) is 11.8 Å². The van der Waals surface area contributed by atoms with Crippen LogP contribution in [-0.4, -0.2) is 60.3 Å². The first-order chi connectivity index (χ1) is 14.5. The van der Waals surface area contributed by atoms with Crippen LogP contribution in [0.25, 0.3) is 0 Å². The van der Waals surface area contributed by atoms with Gasteiger partial charge in [0.05, 0.1) is 6.61 Å². The molecule has 0 aliphatic rings. The van der Waals surface area contributed by atoms with Crippen molar-refractivity contribution in [3.05, 3.63) is 0 Å². The molecule has 0 rings (SSSR count). The van der Waals surface area contributed by atoms with Crippen LogP contribution in [0.2, 0.25) is 0 Å². The Morgan fingerprint density at radius 2 is 1.20 bits per heavy atom. The number of aliphatic hydroxyl groups is 1. The van der Waals surface area contributed by atoms with Crippen LogP contribution in [0.3, 0.4) is 0 Å². The fourth-order valence-corrected chi connectivity index (χ4v) is 4.22. The smallest absolute Gasteiger partial charge is 0.395 e. The van der Waals surface area contributed by atoms with Gasteiger partial charge < -0.3 is 10.0 Å². The highest BCUT2D eigenvalue weighted by Crippen LogP contribution is 2.16. The number of likely N-dealkylation sites (N-methyl/N-ethyl adjacent to an activating group) is 1. The van der Waals surface area contributed by atoms with Crippen LogP contribution in [0.15, 0.2) is 0 Å². The van der Waals surface area contributed by atoms with E-state index in [-0.39, 0.29) is 6.61 Å². The van der Waals surface area contributed by atoms with Gasteiger partial charge in [-0.1, -0.05) is 90.4 Å². The zero-order valence-electron chi connectivity index (χ0n) is 20.2. The molecule has 1 atom stereocenters. The molecule has 0 fully saturated rings. The molecule has 0 bridgehead atoms. The third-order valence-corrected chi connectivity index (χ3v) is 6.38. The Hall–Kier alpha value is 0.290. The molecular formula is C23H51NO4PS+. The minimum atomic E-state index is -2.40. The van der Waals surface area contributed by atoms with E-state index in [0.717, 1.165) is 18.7 Å². The first-order valence-corrected chi connectivity index (χ1v) is 14.5. The Balaban J connectivity index is 0. The van der Waals surface area contributed by atoms with Crippen molar-refractivity contribution in [2.24, 2.45) is 0 Å². The fourth-order valence-electron chi connectivity index (χ4n) is 3.00. The lowest BCUT2D eigenvalue weighted by atomic mass is 10.0. The van der Waals surface area contributed by atoms with Crippen LogP contribution < -0.4 is 0 Å². The number of hydrogen-bond donors (Lipinski definition) is 2. The molecule has 0 heterocycles. The van der Waals surface area contributed by atoms with E-state index in [2.05, 4.69) is 11.4 Å². The molecule has 5 nitrogen and oxygen atoms in total. The lowest BCUT2D eigenvalue weighted by Crippen LogP contribution is -2.15. The summed E-state index contributed by atoms with van der Waals surface area (Å²) in [6.45, 7) is 3.70. The summed E-state index contributed by atoms with van der Waals surface area (Å²) in [5.74, 6) is 2.24. The highest BCUT2D eigenvalue weighted by Gasteiger charge is 2.09. The van der Waals surface area contributed by atoms with Crippen molar-refractivity contribution in [1.82, 2.24) is 4.90 Å². The Morgan fingerprint density at radius 3 is 1.57 bits per heavy atom. The Bertz CT molecular complexity index is 336. The Morgan fingerprint density at radius 1 is 0.767 bits per heavy atom. The van der Waals surface area contributed by atoms with Crippen LogP contribution in [-0.2, 0) is 9.09 Å². The molecule has 0 aromatic heterocycles. The van der Waals surface area contributed by atoms with Gasteiger partial charge in [0, 0.05) is 11.1 Å². The molecule has 0 saturated carbocycles. The van der Waals surface area contributed by atoms with Gasteiger partial charge in [-0.25, -0.2) is 0 Å². The van der Waals surface area contributed by atoms with Crippen molar-refractivity contribution < 1.29 is 19.1 Å². The number of rotatable bonds is 22. The van der Waals surface area contributed by atoms with Gasteiger partial charge in [0.2, 0.25) is 0 Å². The molecule has 0 aromatic carbocycles. The van der Waals surface area contributed by atoms with Gasteiger partial charge in [-0.15, -0.1) is 9.42 Å². The van der Waals surface area contributed by atoms with Gasteiger partial charge >= 0.3 is 8.25 Å². The van der Waals surface area contributed by atoms with E-state index >= 15 is 0 Å². The highest BCUT2D eigenvalue weighted by atomic mass is 32.2. The first kappa shape index (κ1) is 32.5. The zero-order chi connectivity index (χ0) is 22.7. The molecule has 2 N–H and O–H groups in total. The van der Waals surface area contributed by atoms with E-state index in [1.807, 2.05) is 30.8 Å². The summed E-state index contributed by atoms with van der Waals surface area (Å²) in [4.78, 5) is 10.4. The van der Waals surface area contributed by atoms with Crippen molar-refractivity contribution in [3.63, 3.8) is 0 Å². The summed E-state index contributed by atoms with van der Waals surface area (Å²) in [6.07, 6.45) is 20.6. The largest absolute Gasteiger partial charge is 0.694 e. The summed E-state index contributed by atoms with van der Waals surface area (Å²) in [7, 11) is 1.45. The molecule has 0 saturated heterocycles. The highest BCUT2D eigenvalue weighted by molar-refractivity contribution is 7.99. The predicted molar refractivity (Wildman–Crippen MR) is 134 cm³/mol. The van der Waals surface area contributed by atoms with Gasteiger partial charge in [0.25, 0.3) is 0 Å². The molecule has 182 valence electrons. The fraction of sp³-hybridized carbons (Fsp3) is 1.00. The van der Waals surface area contributed by atoms with E-state index in [0.29, 0.717) is 6.61 Å². The summed E-state index contributed by atoms with van der Waals surface area (Å²) in [6, 6.07) is 0. The molecule has 0 spiro atoms. The van der Waals surface area contributed by atoms with Crippen molar-refractivity contribution in [3.8, 4) is 0 Å². The van der Waals surface area contributed by atoms with Crippen LogP contribution >= 0.6 is 20.0 Å². The molecule has 30 heavy (non-hydrogen) atoms. The van der Waals surface area contributed by atoms with Crippen molar-refractivity contribution in [1.29, 1.82) is 0 Å². The maximum Gasteiger partial charge on any atom is 0.694 e. The Labute approximate surface area is 192 Å². The molecule has 0 radical (unpaired) electrons. The molecule has 1 unspecified atom stereocenters. The number of nitrogens with zero attached hydrogens (tertiary/aromatic N) is 1. The molecule has 0 aliphatic heterocycles. The third-order valence-electron chi connectivity index (χ3n) is 4.82. The number of thioether (sulfide) groups is 1. The summed E-state index contributed by atoms with van der Waals surface area (Å²) >= 11 is 1.93. The lowest BCUT2D eigenvalue weighted by Gasteiger charge is -2.03. The van der Waals surface area contributed by atoms with Crippen LogP contribution in [0.1, 0.15) is 103 Å². The normalized spacial score (nSPS) is 11.5. The summed E-state index contributed by atoms with van der Waals surface area (Å²) < 4.78 is 14.9. The third kappa shape index (κ3) is 35.7. The van der Waals surface area contributed by atoms with E-state index in [1.165, 1.54) is 95.6 Å². The second-order valence-electron chi connectivity index (χ2n) is 8.16. The maximum atomic E-state index is 10.3.